The van der Waals surface area contributed by atoms with E-state index in [1.54, 1.807) is 17.8 Å². The molecule has 2 amide bonds. The number of thioether (sulfide) groups is 1. The Morgan fingerprint density at radius 1 is 0.833 bits per heavy atom. The van der Waals surface area contributed by atoms with E-state index in [4.69, 9.17) is 0 Å². The van der Waals surface area contributed by atoms with Crippen molar-refractivity contribution in [3.8, 4) is 5.75 Å². The van der Waals surface area contributed by atoms with Crippen LogP contribution in [0.3, 0.4) is 0 Å². The van der Waals surface area contributed by atoms with Crippen molar-refractivity contribution in [3.63, 3.8) is 0 Å². The van der Waals surface area contributed by atoms with Crippen molar-refractivity contribution >= 4 is 29.3 Å². The highest BCUT2D eigenvalue weighted by Gasteiger charge is 2.22. The molecule has 0 aromatic heterocycles. The Labute approximate surface area is 224 Å². The number of hydrogen-bond donors (Lipinski definition) is 4. The van der Waals surface area contributed by atoms with Crippen molar-refractivity contribution in [2.24, 2.45) is 0 Å². The number of hydrogen-bond acceptors (Lipinski definition) is 5. The fraction of sp³-hybridized carbons (Fsp3) is 0.724. The molecule has 36 heavy (non-hydrogen) atoms. The van der Waals surface area contributed by atoms with Gasteiger partial charge in [-0.05, 0) is 68.5 Å². The second kappa shape index (κ2) is 18.5. The van der Waals surface area contributed by atoms with Crippen molar-refractivity contribution < 1.29 is 14.7 Å². The van der Waals surface area contributed by atoms with Crippen LogP contribution >= 0.6 is 11.8 Å². The Morgan fingerprint density at radius 2 is 1.42 bits per heavy atom. The van der Waals surface area contributed by atoms with E-state index in [0.29, 0.717) is 17.7 Å². The number of anilines is 1. The molecule has 1 aromatic rings. The number of benzene rings is 1. The first-order chi connectivity index (χ1) is 17.3. The van der Waals surface area contributed by atoms with Gasteiger partial charge in [0.05, 0.1) is 5.25 Å². The van der Waals surface area contributed by atoms with Crippen molar-refractivity contribution in [2.75, 3.05) is 11.1 Å². The lowest BCUT2D eigenvalue weighted by Crippen LogP contribution is -2.51. The average Bonchev–Trinajstić information content (AvgIpc) is 2.87. The zero-order chi connectivity index (χ0) is 26.9. The van der Waals surface area contributed by atoms with Gasteiger partial charge in [0.2, 0.25) is 11.8 Å². The molecular weight excluding hydrogens is 470 g/mol. The van der Waals surface area contributed by atoms with Crippen LogP contribution in [0.2, 0.25) is 0 Å². The first-order valence-electron chi connectivity index (χ1n) is 14.0. The van der Waals surface area contributed by atoms with Crippen LogP contribution in [-0.4, -0.2) is 34.0 Å². The summed E-state index contributed by atoms with van der Waals surface area (Å²) in [4.78, 5) is 25.6. The summed E-state index contributed by atoms with van der Waals surface area (Å²) in [6, 6.07) is 1.23. The lowest BCUT2D eigenvalue weighted by Gasteiger charge is -2.21. The van der Waals surface area contributed by atoms with Crippen LogP contribution in [0, 0.1) is 20.8 Å². The molecule has 0 aliphatic heterocycles. The third-order valence-electron chi connectivity index (χ3n) is 6.89. The molecule has 0 saturated carbocycles. The van der Waals surface area contributed by atoms with Gasteiger partial charge in [-0.3, -0.25) is 15.0 Å². The van der Waals surface area contributed by atoms with Crippen molar-refractivity contribution in [1.82, 2.24) is 10.9 Å². The van der Waals surface area contributed by atoms with Crippen LogP contribution in [0.1, 0.15) is 115 Å². The van der Waals surface area contributed by atoms with Gasteiger partial charge in [0, 0.05) is 5.69 Å². The van der Waals surface area contributed by atoms with Crippen LogP contribution in [0.15, 0.2) is 6.07 Å². The van der Waals surface area contributed by atoms with Gasteiger partial charge in [-0.15, -0.1) is 11.8 Å². The minimum Gasteiger partial charge on any atom is -0.507 e. The van der Waals surface area contributed by atoms with Crippen LogP contribution in [-0.2, 0) is 9.59 Å². The van der Waals surface area contributed by atoms with Crippen LogP contribution in [0.5, 0.6) is 5.75 Å². The maximum Gasteiger partial charge on any atom is 0.247 e. The molecule has 0 heterocycles. The van der Waals surface area contributed by atoms with Crippen LogP contribution < -0.4 is 16.2 Å². The number of rotatable bonds is 19. The summed E-state index contributed by atoms with van der Waals surface area (Å²) >= 11 is 1.71. The summed E-state index contributed by atoms with van der Waals surface area (Å²) < 4.78 is 0. The Bertz CT molecular complexity index is 800. The van der Waals surface area contributed by atoms with Gasteiger partial charge in [-0.25, -0.2) is 5.43 Å². The summed E-state index contributed by atoms with van der Waals surface area (Å²) in [5.41, 5.74) is 8.69. The molecule has 0 bridgehead atoms. The van der Waals surface area contributed by atoms with E-state index in [1.165, 1.54) is 57.8 Å². The van der Waals surface area contributed by atoms with Gasteiger partial charge in [0.25, 0.3) is 0 Å². The van der Waals surface area contributed by atoms with E-state index in [2.05, 4.69) is 23.1 Å². The lowest BCUT2D eigenvalue weighted by molar-refractivity contribution is -0.123. The lowest BCUT2D eigenvalue weighted by atomic mass is 10.0. The van der Waals surface area contributed by atoms with Gasteiger partial charge in [-0.1, -0.05) is 78.6 Å². The van der Waals surface area contributed by atoms with Crippen molar-refractivity contribution in [3.05, 3.63) is 22.8 Å². The second-order valence-corrected chi connectivity index (χ2v) is 11.2. The summed E-state index contributed by atoms with van der Waals surface area (Å²) in [6.07, 6.45) is 14.4. The third-order valence-corrected chi connectivity index (χ3v) is 8.36. The van der Waals surface area contributed by atoms with E-state index >= 15 is 0 Å². The summed E-state index contributed by atoms with van der Waals surface area (Å²) in [7, 11) is 0. The van der Waals surface area contributed by atoms with Gasteiger partial charge < -0.3 is 10.4 Å². The number of carbonyl (C=O) groups excluding carboxylic acids is 2. The quantitative estimate of drug-likeness (QED) is 0.0886. The van der Waals surface area contributed by atoms with Crippen LogP contribution in [0.25, 0.3) is 0 Å². The molecule has 2 unspecified atom stereocenters. The number of phenolic OH excluding ortho intramolecular Hbond substituents is 1. The van der Waals surface area contributed by atoms with Gasteiger partial charge in [0.1, 0.15) is 11.8 Å². The molecule has 0 spiro atoms. The zero-order valence-electron chi connectivity index (χ0n) is 23.6. The summed E-state index contributed by atoms with van der Waals surface area (Å²) in [5, 5.41) is 12.9. The predicted octanol–water partition coefficient (Wildman–Crippen LogP) is 7.09. The molecule has 2 atom stereocenters. The number of phenols is 1. The fourth-order valence-corrected chi connectivity index (χ4v) is 5.31. The first-order valence-corrected chi connectivity index (χ1v) is 15.1. The molecule has 0 radical (unpaired) electrons. The minimum absolute atomic E-state index is 0.0756. The number of nitrogens with one attached hydrogen (secondary N) is 3. The van der Waals surface area contributed by atoms with E-state index in [9.17, 15) is 14.7 Å². The molecule has 0 saturated heterocycles. The number of unbranched alkanes of at least 4 members (excludes halogenated alkanes) is 9. The average molecular weight is 522 g/mol. The molecule has 1 rings (SSSR count). The van der Waals surface area contributed by atoms with E-state index < -0.39 is 6.04 Å². The number of amides is 2. The van der Waals surface area contributed by atoms with Crippen molar-refractivity contribution in [1.29, 1.82) is 0 Å². The standard InChI is InChI=1S/C29H51N3O3S/c1-7-10-11-12-13-14-15-16-17-18-19-36-26(9-3)29(35)32-31-24(8-2)28(34)30-25-20-21(4)27(33)23(6)22(25)5/h20,24,26,31,33H,7-19H2,1-6H3,(H,30,34)(H,32,35). The monoisotopic (exact) mass is 521 g/mol. The molecule has 7 heteroatoms. The number of hydrazine groups is 1. The largest absolute Gasteiger partial charge is 0.507 e. The highest BCUT2D eigenvalue weighted by atomic mass is 32.2. The van der Waals surface area contributed by atoms with Gasteiger partial charge >= 0.3 is 0 Å². The number of aryl methyl sites for hydroxylation is 1. The molecule has 206 valence electrons. The fourth-order valence-electron chi connectivity index (χ4n) is 4.20. The van der Waals surface area contributed by atoms with Gasteiger partial charge in [0.15, 0.2) is 0 Å². The zero-order valence-corrected chi connectivity index (χ0v) is 24.4. The SMILES string of the molecule is CCCCCCCCCCCCSC(CC)C(=O)NNC(CC)C(=O)Nc1cc(C)c(O)c(C)c1C. The van der Waals surface area contributed by atoms with Crippen LogP contribution in [0.4, 0.5) is 5.69 Å². The molecule has 1 aromatic carbocycles. The summed E-state index contributed by atoms with van der Waals surface area (Å²) in [6.45, 7) is 11.7. The number of aromatic hydroxyl groups is 1. The van der Waals surface area contributed by atoms with E-state index in [0.717, 1.165) is 29.7 Å². The second-order valence-electron chi connectivity index (χ2n) is 9.87. The van der Waals surface area contributed by atoms with E-state index in [-0.39, 0.29) is 22.8 Å². The predicted molar refractivity (Wildman–Crippen MR) is 155 cm³/mol. The Hall–Kier alpha value is -1.73. The maximum atomic E-state index is 12.8. The summed E-state index contributed by atoms with van der Waals surface area (Å²) in [5.74, 6) is 0.951. The maximum absolute atomic E-state index is 12.8. The Kier molecular flexibility index (Phi) is 16.6. The topological polar surface area (TPSA) is 90.5 Å². The molecule has 6 nitrogen and oxygen atoms in total. The molecule has 4 N–H and O–H groups in total. The van der Waals surface area contributed by atoms with Gasteiger partial charge in [-0.2, -0.15) is 0 Å². The molecule has 0 aliphatic rings. The highest BCUT2D eigenvalue weighted by molar-refractivity contribution is 8.00. The van der Waals surface area contributed by atoms with Crippen molar-refractivity contribution in [2.45, 2.75) is 130 Å². The smallest absolute Gasteiger partial charge is 0.247 e. The molecular formula is C29H51N3O3S. The first kappa shape index (κ1) is 32.3. The molecule has 0 aliphatic carbocycles. The third kappa shape index (κ3) is 11.5. The Balaban J connectivity index is 2.36. The Morgan fingerprint density at radius 3 is 1.97 bits per heavy atom. The highest BCUT2D eigenvalue weighted by Crippen LogP contribution is 2.30. The van der Waals surface area contributed by atoms with E-state index in [1.807, 2.05) is 34.6 Å². The minimum atomic E-state index is -0.549. The molecule has 0 fully saturated rings. The normalized spacial score (nSPS) is 12.8. The number of carbonyl (C=O) groups is 2.